The molecule has 0 bridgehead atoms. The third kappa shape index (κ3) is 9.72. The molecule has 0 aliphatic rings. The van der Waals surface area contributed by atoms with E-state index in [1.807, 2.05) is 0 Å². The van der Waals surface area contributed by atoms with Crippen LogP contribution in [0.5, 0.6) is 5.75 Å². The Bertz CT molecular complexity index is 1220. The second kappa shape index (κ2) is 15.0. The zero-order valence-corrected chi connectivity index (χ0v) is 16.7. The average Bonchev–Trinajstić information content (AvgIpc) is 2.88. The van der Waals surface area contributed by atoms with Crippen molar-refractivity contribution in [3.63, 3.8) is 0 Å². The van der Waals surface area contributed by atoms with Crippen LogP contribution in [0.1, 0.15) is 79.0 Å². The molecule has 1 unspecified atom stereocenters. The van der Waals surface area contributed by atoms with Gasteiger partial charge in [-0.2, -0.15) is 0 Å². The summed E-state index contributed by atoms with van der Waals surface area (Å²) in [7, 11) is 0. The van der Waals surface area contributed by atoms with Crippen LogP contribution < -0.4 is 5.32 Å². The molecular weight excluding hydrogens is 378 g/mol. The molecule has 0 aliphatic heterocycles. The third-order valence-corrected chi connectivity index (χ3v) is 4.10. The molecule has 0 saturated carbocycles. The smallest absolute Gasteiger partial charge is 0.121 e. The molecule has 0 heterocycles. The molecule has 5 heteroatoms. The van der Waals surface area contributed by atoms with E-state index in [0.29, 0.717) is 12.0 Å². The summed E-state index contributed by atoms with van der Waals surface area (Å²) in [4.78, 5) is 0. The van der Waals surface area contributed by atoms with Gasteiger partial charge in [-0.05, 0) is 61.7 Å². The van der Waals surface area contributed by atoms with E-state index in [-0.39, 0.29) is 43.2 Å². The van der Waals surface area contributed by atoms with Crippen molar-refractivity contribution in [3.05, 3.63) is 65.1 Å². The highest BCUT2D eigenvalue weighted by molar-refractivity contribution is 5.36. The van der Waals surface area contributed by atoms with Crippen molar-refractivity contribution >= 4 is 0 Å². The number of aliphatic hydroxyl groups is 2. The summed E-state index contributed by atoms with van der Waals surface area (Å²) in [5, 5.41) is 31.8. The van der Waals surface area contributed by atoms with Crippen molar-refractivity contribution in [1.29, 1.82) is 0 Å². The van der Waals surface area contributed by atoms with Crippen molar-refractivity contribution in [2.24, 2.45) is 0 Å². The first-order chi connectivity index (χ1) is 19.6. The quantitative estimate of drug-likeness (QED) is 0.303. The lowest BCUT2D eigenvalue weighted by Gasteiger charge is -2.14. The standard InChI is InChI=1S/C25H37NO4/c27-20-23-18-22(13-14-24(23)28)25(29)19-26-15-7-1-2-8-16-30-17-9-6-12-21-10-4-3-5-11-21/h3-5,10-11,13-14,18,25-29H,1-2,6-9,12,15-17,19-20H2/i3D,6D2,9D2,10D,11D,12D2,15D2,17D2. The van der Waals surface area contributed by atoms with Gasteiger partial charge in [0.25, 0.3) is 0 Å². The lowest BCUT2D eigenvalue weighted by Crippen LogP contribution is -2.22. The van der Waals surface area contributed by atoms with Gasteiger partial charge in [0.05, 0.1) is 19.6 Å². The molecule has 0 fully saturated rings. The molecule has 166 valence electrons. The first kappa shape index (κ1) is 11.6. The highest BCUT2D eigenvalue weighted by Crippen LogP contribution is 2.22. The van der Waals surface area contributed by atoms with Gasteiger partial charge in [-0.15, -0.1) is 0 Å². The Labute approximate surface area is 199 Å². The van der Waals surface area contributed by atoms with Crippen LogP contribution in [-0.4, -0.2) is 41.5 Å². The largest absolute Gasteiger partial charge is 0.508 e. The third-order valence-electron chi connectivity index (χ3n) is 4.10. The van der Waals surface area contributed by atoms with Gasteiger partial charge in [0.2, 0.25) is 0 Å². The van der Waals surface area contributed by atoms with Crippen LogP contribution in [0, 0.1) is 0 Å². The maximum absolute atomic E-state index is 10.3. The summed E-state index contributed by atoms with van der Waals surface area (Å²) < 4.78 is 110. The van der Waals surface area contributed by atoms with Crippen molar-refractivity contribution in [2.45, 2.75) is 57.5 Å². The number of hydrogen-bond donors (Lipinski definition) is 4. The molecule has 2 rings (SSSR count). The number of unbranched alkanes of at least 4 members (excludes halogenated alkanes) is 2. The summed E-state index contributed by atoms with van der Waals surface area (Å²) in [6.07, 6.45) is -10.9. The number of aromatic hydroxyl groups is 1. The Hall–Kier alpha value is -1.92. The van der Waals surface area contributed by atoms with Gasteiger partial charge >= 0.3 is 0 Å². The van der Waals surface area contributed by atoms with Gasteiger partial charge in [0.1, 0.15) is 5.75 Å². The topological polar surface area (TPSA) is 82.0 Å². The van der Waals surface area contributed by atoms with E-state index < -0.39 is 69.1 Å². The first-order valence-corrected chi connectivity index (χ1v) is 9.69. The molecule has 0 saturated heterocycles. The fourth-order valence-corrected chi connectivity index (χ4v) is 2.47. The fourth-order valence-electron chi connectivity index (χ4n) is 2.47. The minimum Gasteiger partial charge on any atom is -0.508 e. The molecule has 4 N–H and O–H groups in total. The van der Waals surface area contributed by atoms with Gasteiger partial charge < -0.3 is 25.4 Å². The van der Waals surface area contributed by atoms with Crippen molar-refractivity contribution in [1.82, 2.24) is 5.32 Å². The van der Waals surface area contributed by atoms with Crippen LogP contribution in [0.15, 0.2) is 48.5 Å². The molecule has 5 nitrogen and oxygen atoms in total. The van der Waals surface area contributed by atoms with Gasteiger partial charge in [-0.25, -0.2) is 0 Å². The Morgan fingerprint density at radius 3 is 2.70 bits per heavy atom. The van der Waals surface area contributed by atoms with Gasteiger partial charge in [0.15, 0.2) is 0 Å². The maximum Gasteiger partial charge on any atom is 0.121 e. The van der Waals surface area contributed by atoms with Crippen LogP contribution in [0.25, 0.3) is 0 Å². The molecule has 0 aliphatic carbocycles. The number of nitrogens with one attached hydrogen (secondary N) is 1. The minimum absolute atomic E-state index is 0.00428. The van der Waals surface area contributed by atoms with Crippen LogP contribution in [0.3, 0.4) is 0 Å². The molecule has 0 amide bonds. The highest BCUT2D eigenvalue weighted by atomic mass is 16.5. The number of phenols is 1. The molecule has 2 aromatic rings. The number of ether oxygens (including phenoxy) is 1. The second-order valence-electron chi connectivity index (χ2n) is 6.37. The fraction of sp³-hybridized carbons (Fsp3) is 0.520. The molecule has 0 radical (unpaired) electrons. The van der Waals surface area contributed by atoms with E-state index in [2.05, 4.69) is 5.32 Å². The molecule has 0 spiro atoms. The monoisotopic (exact) mass is 428 g/mol. The summed E-state index contributed by atoms with van der Waals surface area (Å²) in [6, 6.07) is 4.27. The van der Waals surface area contributed by atoms with Gasteiger partial charge in [-0.1, -0.05) is 49.2 Å². The normalized spacial score (nSPS) is 20.9. The van der Waals surface area contributed by atoms with Crippen molar-refractivity contribution in [2.75, 3.05) is 26.2 Å². The zero-order chi connectivity index (χ0) is 33.0. The lowest BCUT2D eigenvalue weighted by molar-refractivity contribution is 0.126. The highest BCUT2D eigenvalue weighted by Gasteiger charge is 2.09. The number of benzene rings is 2. The van der Waals surface area contributed by atoms with Crippen LogP contribution >= 0.6 is 0 Å². The SMILES string of the molecule is [2H]c1cc([2H])c(C([2H])([2H])C([2H])([2H])C([2H])([2H])C([2H])([2H])OCCCCCC([2H])([2H])NCC(O)c2ccc(O)c(CO)c2)c([2H])c1. The Balaban J connectivity index is 1.91. The van der Waals surface area contributed by atoms with E-state index in [4.69, 9.17) is 22.6 Å². The van der Waals surface area contributed by atoms with E-state index in [9.17, 15) is 15.3 Å². The first-order valence-electron chi connectivity index (χ1n) is 16.2. The molecule has 30 heavy (non-hydrogen) atoms. The molecule has 2 aromatic carbocycles. The van der Waals surface area contributed by atoms with Crippen molar-refractivity contribution < 1.29 is 37.9 Å². The Kier molecular flexibility index (Phi) is 5.80. The number of hydrogen-bond acceptors (Lipinski definition) is 5. The minimum atomic E-state index is -3.62. The Morgan fingerprint density at radius 2 is 1.90 bits per heavy atom. The van der Waals surface area contributed by atoms with Crippen LogP contribution in [0.4, 0.5) is 0 Å². The predicted octanol–water partition coefficient (Wildman–Crippen LogP) is 4.11. The van der Waals surface area contributed by atoms with Crippen LogP contribution in [0.2, 0.25) is 0 Å². The number of aliphatic hydroxyl groups excluding tert-OH is 2. The average molecular weight is 429 g/mol. The second-order valence-corrected chi connectivity index (χ2v) is 6.37. The van der Waals surface area contributed by atoms with Crippen LogP contribution in [-0.2, 0) is 17.7 Å². The maximum atomic E-state index is 10.3. The van der Waals surface area contributed by atoms with E-state index in [1.54, 1.807) is 0 Å². The molecular formula is C25H37NO4. The zero-order valence-electron chi connectivity index (χ0n) is 29.7. The van der Waals surface area contributed by atoms with E-state index >= 15 is 0 Å². The number of rotatable bonds is 16. The Morgan fingerprint density at radius 1 is 1.10 bits per heavy atom. The summed E-state index contributed by atoms with van der Waals surface area (Å²) in [6.45, 7) is -6.21. The molecule has 0 aromatic heterocycles. The van der Waals surface area contributed by atoms with E-state index in [1.165, 1.54) is 18.2 Å². The van der Waals surface area contributed by atoms with Gasteiger partial charge in [-0.3, -0.25) is 0 Å². The predicted molar refractivity (Wildman–Crippen MR) is 121 cm³/mol. The van der Waals surface area contributed by atoms with Crippen molar-refractivity contribution in [3.8, 4) is 5.75 Å². The summed E-state index contributed by atoms with van der Waals surface area (Å²) in [5.74, 6) is -0.129. The molecule has 1 atom stereocenters. The van der Waals surface area contributed by atoms with E-state index in [0.717, 1.165) is 12.1 Å². The summed E-state index contributed by atoms with van der Waals surface area (Å²) in [5.41, 5.74) is -0.223. The lowest BCUT2D eigenvalue weighted by atomic mass is 10.1. The van der Waals surface area contributed by atoms with Gasteiger partial charge in [0, 0.05) is 36.2 Å². The summed E-state index contributed by atoms with van der Waals surface area (Å²) >= 11 is 0.